The first-order chi connectivity index (χ1) is 9.25. The van der Waals surface area contributed by atoms with Crippen molar-refractivity contribution in [2.45, 2.75) is 19.8 Å². The van der Waals surface area contributed by atoms with Crippen LogP contribution in [-0.2, 0) is 0 Å². The molecule has 0 N–H and O–H groups in total. The van der Waals surface area contributed by atoms with Crippen molar-refractivity contribution in [2.75, 3.05) is 6.61 Å². The zero-order chi connectivity index (χ0) is 13.5. The highest BCUT2D eigenvalue weighted by Gasteiger charge is 1.98. The smallest absolute Gasteiger partial charge is 0.149 e. The Labute approximate surface area is 115 Å². The Balaban J connectivity index is 1.88. The van der Waals surface area contributed by atoms with Crippen molar-refractivity contribution in [3.05, 3.63) is 65.7 Å². The summed E-state index contributed by atoms with van der Waals surface area (Å²) in [6.45, 7) is 4.78. The van der Waals surface area contributed by atoms with Crippen LogP contribution in [-0.4, -0.2) is 6.61 Å². The van der Waals surface area contributed by atoms with Crippen LogP contribution >= 0.6 is 0 Å². The number of benzene rings is 2. The quantitative estimate of drug-likeness (QED) is 0.740. The van der Waals surface area contributed by atoms with E-state index in [0.29, 0.717) is 12.5 Å². The molecule has 0 bridgehead atoms. The number of rotatable bonds is 3. The molecule has 0 unspecified atom stereocenters. The van der Waals surface area contributed by atoms with Gasteiger partial charge in [0, 0.05) is 5.56 Å². The molecular formula is C18H18O. The molecule has 0 aromatic heterocycles. The topological polar surface area (TPSA) is 9.23 Å². The highest BCUT2D eigenvalue weighted by molar-refractivity contribution is 5.34. The van der Waals surface area contributed by atoms with Crippen LogP contribution in [0.5, 0.6) is 5.75 Å². The molecule has 19 heavy (non-hydrogen) atoms. The van der Waals surface area contributed by atoms with Crippen LogP contribution in [0.25, 0.3) is 0 Å². The SMILES string of the molecule is CC(C)c1ccc(OCC#Cc2ccccc2)cc1. The average molecular weight is 250 g/mol. The summed E-state index contributed by atoms with van der Waals surface area (Å²) in [6.07, 6.45) is 0. The summed E-state index contributed by atoms with van der Waals surface area (Å²) in [6, 6.07) is 18.1. The van der Waals surface area contributed by atoms with Crippen LogP contribution in [0.15, 0.2) is 54.6 Å². The minimum atomic E-state index is 0.413. The van der Waals surface area contributed by atoms with Gasteiger partial charge in [-0.2, -0.15) is 0 Å². The van der Waals surface area contributed by atoms with Gasteiger partial charge in [0.2, 0.25) is 0 Å². The molecule has 2 rings (SSSR count). The van der Waals surface area contributed by atoms with Gasteiger partial charge in [0.05, 0.1) is 0 Å². The van der Waals surface area contributed by atoms with E-state index in [9.17, 15) is 0 Å². The van der Waals surface area contributed by atoms with Crippen LogP contribution in [0.1, 0.15) is 30.9 Å². The zero-order valence-corrected chi connectivity index (χ0v) is 11.4. The fourth-order valence-electron chi connectivity index (χ4n) is 1.73. The lowest BCUT2D eigenvalue weighted by Gasteiger charge is -2.06. The van der Waals surface area contributed by atoms with E-state index in [1.165, 1.54) is 5.56 Å². The van der Waals surface area contributed by atoms with Gasteiger partial charge in [-0.15, -0.1) is 0 Å². The van der Waals surface area contributed by atoms with Gasteiger partial charge in [0.25, 0.3) is 0 Å². The van der Waals surface area contributed by atoms with Gasteiger partial charge >= 0.3 is 0 Å². The summed E-state index contributed by atoms with van der Waals surface area (Å²) < 4.78 is 5.59. The summed E-state index contributed by atoms with van der Waals surface area (Å²) in [5.74, 6) is 7.50. The second kappa shape index (κ2) is 6.66. The molecule has 1 nitrogen and oxygen atoms in total. The molecule has 0 amide bonds. The van der Waals surface area contributed by atoms with Crippen molar-refractivity contribution in [2.24, 2.45) is 0 Å². The number of hydrogen-bond donors (Lipinski definition) is 0. The molecule has 0 aliphatic heterocycles. The summed E-state index contributed by atoms with van der Waals surface area (Å²) >= 11 is 0. The molecule has 0 aliphatic rings. The Hall–Kier alpha value is -2.20. The first kappa shape index (κ1) is 13.2. The number of ether oxygens (including phenoxy) is 1. The normalized spacial score (nSPS) is 9.84. The van der Waals surface area contributed by atoms with Crippen LogP contribution in [0.4, 0.5) is 0 Å². The predicted molar refractivity (Wildman–Crippen MR) is 79.3 cm³/mol. The van der Waals surface area contributed by atoms with E-state index in [-0.39, 0.29) is 0 Å². The zero-order valence-electron chi connectivity index (χ0n) is 11.4. The van der Waals surface area contributed by atoms with E-state index < -0.39 is 0 Å². The van der Waals surface area contributed by atoms with Gasteiger partial charge < -0.3 is 4.74 Å². The van der Waals surface area contributed by atoms with Crippen LogP contribution < -0.4 is 4.74 Å². The molecule has 0 saturated heterocycles. The molecule has 1 heteroatoms. The molecule has 0 heterocycles. The summed E-state index contributed by atoms with van der Waals surface area (Å²) in [5.41, 5.74) is 2.34. The lowest BCUT2D eigenvalue weighted by Crippen LogP contribution is -1.94. The third-order valence-electron chi connectivity index (χ3n) is 2.86. The Bertz CT molecular complexity index is 556. The average Bonchev–Trinajstić information content (AvgIpc) is 2.45. The highest BCUT2D eigenvalue weighted by atomic mass is 16.5. The maximum absolute atomic E-state index is 5.59. The monoisotopic (exact) mass is 250 g/mol. The Morgan fingerprint density at radius 1 is 0.947 bits per heavy atom. The summed E-state index contributed by atoms with van der Waals surface area (Å²) in [4.78, 5) is 0. The maximum Gasteiger partial charge on any atom is 0.149 e. The van der Waals surface area contributed by atoms with Gasteiger partial charge in [-0.1, -0.05) is 56.0 Å². The van der Waals surface area contributed by atoms with E-state index in [2.05, 4.69) is 37.8 Å². The van der Waals surface area contributed by atoms with Crippen molar-refractivity contribution < 1.29 is 4.74 Å². The number of hydrogen-bond acceptors (Lipinski definition) is 1. The summed E-state index contributed by atoms with van der Waals surface area (Å²) in [7, 11) is 0. The van der Waals surface area contributed by atoms with E-state index >= 15 is 0 Å². The van der Waals surface area contributed by atoms with E-state index in [4.69, 9.17) is 4.74 Å². The lowest BCUT2D eigenvalue weighted by atomic mass is 10.0. The first-order valence-corrected chi connectivity index (χ1v) is 6.52. The third kappa shape index (κ3) is 4.19. The van der Waals surface area contributed by atoms with E-state index in [1.54, 1.807) is 0 Å². The van der Waals surface area contributed by atoms with Crippen molar-refractivity contribution in [3.8, 4) is 17.6 Å². The van der Waals surface area contributed by atoms with Gasteiger partial charge in [-0.25, -0.2) is 0 Å². The van der Waals surface area contributed by atoms with Crippen molar-refractivity contribution in [1.29, 1.82) is 0 Å². The fourth-order valence-corrected chi connectivity index (χ4v) is 1.73. The van der Waals surface area contributed by atoms with Gasteiger partial charge in [0.15, 0.2) is 0 Å². The minimum Gasteiger partial charge on any atom is -0.481 e. The molecule has 2 aromatic rings. The van der Waals surface area contributed by atoms with E-state index in [1.807, 2.05) is 42.5 Å². The minimum absolute atomic E-state index is 0.413. The van der Waals surface area contributed by atoms with Gasteiger partial charge in [-0.3, -0.25) is 0 Å². The first-order valence-electron chi connectivity index (χ1n) is 6.52. The predicted octanol–water partition coefficient (Wildman–Crippen LogP) is 4.24. The van der Waals surface area contributed by atoms with Crippen molar-refractivity contribution in [1.82, 2.24) is 0 Å². The highest BCUT2D eigenvalue weighted by Crippen LogP contribution is 2.18. The van der Waals surface area contributed by atoms with E-state index in [0.717, 1.165) is 11.3 Å². The molecule has 0 spiro atoms. The summed E-state index contributed by atoms with van der Waals surface area (Å²) in [5, 5.41) is 0. The molecular weight excluding hydrogens is 232 g/mol. The Morgan fingerprint density at radius 2 is 1.63 bits per heavy atom. The van der Waals surface area contributed by atoms with Crippen molar-refractivity contribution >= 4 is 0 Å². The molecule has 0 saturated carbocycles. The fraction of sp³-hybridized carbons (Fsp3) is 0.222. The van der Waals surface area contributed by atoms with Crippen LogP contribution in [0, 0.1) is 11.8 Å². The largest absolute Gasteiger partial charge is 0.481 e. The molecule has 2 aromatic carbocycles. The third-order valence-corrected chi connectivity index (χ3v) is 2.86. The Morgan fingerprint density at radius 3 is 2.26 bits per heavy atom. The molecule has 0 atom stereocenters. The standard InChI is InChI=1S/C18H18O/c1-15(2)17-10-12-18(13-11-17)19-14-6-9-16-7-4-3-5-8-16/h3-5,7-8,10-13,15H,14H2,1-2H3. The maximum atomic E-state index is 5.59. The Kier molecular flexibility index (Phi) is 4.64. The van der Waals surface area contributed by atoms with Gasteiger partial charge in [0.1, 0.15) is 12.4 Å². The second-order valence-corrected chi connectivity index (χ2v) is 4.68. The second-order valence-electron chi connectivity index (χ2n) is 4.68. The van der Waals surface area contributed by atoms with Crippen LogP contribution in [0.3, 0.4) is 0 Å². The van der Waals surface area contributed by atoms with Gasteiger partial charge in [-0.05, 0) is 35.7 Å². The molecule has 0 radical (unpaired) electrons. The molecule has 0 aliphatic carbocycles. The molecule has 0 fully saturated rings. The molecule has 96 valence electrons. The lowest BCUT2D eigenvalue weighted by molar-refractivity contribution is 0.370. The van der Waals surface area contributed by atoms with Crippen molar-refractivity contribution in [3.63, 3.8) is 0 Å². The van der Waals surface area contributed by atoms with Crippen LogP contribution in [0.2, 0.25) is 0 Å².